The molecular weight excluding hydrogens is 204 g/mol. The van der Waals surface area contributed by atoms with Gasteiger partial charge in [0.2, 0.25) is 0 Å². The fraction of sp³-hybridized carbons (Fsp3) is 1.00. The molecule has 0 heterocycles. The summed E-state index contributed by atoms with van der Waals surface area (Å²) in [7, 11) is 0. The van der Waals surface area contributed by atoms with Gasteiger partial charge in [-0.05, 0) is 55.3 Å². The lowest BCUT2D eigenvalue weighted by atomic mass is 9.70. The topological polar surface area (TPSA) is 0 Å². The van der Waals surface area contributed by atoms with Crippen LogP contribution in [0.2, 0.25) is 0 Å². The van der Waals surface area contributed by atoms with Crippen LogP contribution in [0, 0.1) is 23.2 Å². The molecule has 15 heavy (non-hydrogen) atoms. The lowest BCUT2D eigenvalue weighted by Gasteiger charge is -2.37. The maximum Gasteiger partial charge on any atom is 0.0282 e. The van der Waals surface area contributed by atoms with Gasteiger partial charge in [0.25, 0.3) is 0 Å². The maximum atomic E-state index is 6.34. The molecule has 3 saturated carbocycles. The van der Waals surface area contributed by atoms with Crippen LogP contribution >= 0.6 is 11.6 Å². The van der Waals surface area contributed by atoms with E-state index in [4.69, 9.17) is 11.6 Å². The molecule has 0 nitrogen and oxygen atoms in total. The highest BCUT2D eigenvalue weighted by molar-refractivity contribution is 6.18. The molecule has 0 saturated heterocycles. The van der Waals surface area contributed by atoms with Gasteiger partial charge in [-0.2, -0.15) is 0 Å². The molecule has 3 aliphatic rings. The van der Waals surface area contributed by atoms with E-state index in [0.29, 0.717) is 5.41 Å². The first-order valence-corrected chi connectivity index (χ1v) is 7.43. The first-order chi connectivity index (χ1) is 7.34. The molecule has 2 atom stereocenters. The average Bonchev–Trinajstić information content (AvgIpc) is 2.97. The molecular formula is C14H23Cl. The van der Waals surface area contributed by atoms with E-state index in [-0.39, 0.29) is 0 Å². The van der Waals surface area contributed by atoms with Crippen molar-refractivity contribution in [2.24, 2.45) is 23.2 Å². The summed E-state index contributed by atoms with van der Waals surface area (Å²) in [5.41, 5.74) is 0.583. The highest BCUT2D eigenvalue weighted by Crippen LogP contribution is 2.64. The lowest BCUT2D eigenvalue weighted by Crippen LogP contribution is -2.31. The Balaban J connectivity index is 1.71. The Morgan fingerprint density at radius 3 is 2.07 bits per heavy atom. The average molecular weight is 227 g/mol. The minimum atomic E-state index is 0.583. The molecule has 3 fully saturated rings. The summed E-state index contributed by atoms with van der Waals surface area (Å²) in [6.07, 6.45) is 13.3. The third-order valence-corrected chi connectivity index (χ3v) is 5.93. The summed E-state index contributed by atoms with van der Waals surface area (Å²) in [4.78, 5) is 0. The highest BCUT2D eigenvalue weighted by atomic mass is 35.5. The molecule has 0 aliphatic heterocycles. The maximum absolute atomic E-state index is 6.34. The second-order valence-corrected chi connectivity index (χ2v) is 6.62. The third-order valence-electron chi connectivity index (χ3n) is 5.39. The van der Waals surface area contributed by atoms with E-state index in [9.17, 15) is 0 Å². The van der Waals surface area contributed by atoms with Crippen LogP contribution in [0.4, 0.5) is 0 Å². The Morgan fingerprint density at radius 2 is 1.53 bits per heavy atom. The van der Waals surface area contributed by atoms with Crippen LogP contribution < -0.4 is 0 Å². The second-order valence-electron chi connectivity index (χ2n) is 6.35. The molecule has 0 aromatic rings. The van der Waals surface area contributed by atoms with Crippen LogP contribution in [0.5, 0.6) is 0 Å². The van der Waals surface area contributed by atoms with Gasteiger partial charge in [-0.3, -0.25) is 0 Å². The molecule has 0 bridgehead atoms. The van der Waals surface area contributed by atoms with Crippen molar-refractivity contribution in [2.75, 3.05) is 5.88 Å². The standard InChI is InChI=1S/C14H23Cl/c15-10-14(8-11-7-12(11)9-14)13-5-3-1-2-4-6-13/h11-13H,1-10H2. The summed E-state index contributed by atoms with van der Waals surface area (Å²) >= 11 is 6.34. The molecule has 0 spiro atoms. The number of fused-ring (bicyclic) bond motifs is 1. The molecule has 0 N–H and O–H groups in total. The van der Waals surface area contributed by atoms with Crippen molar-refractivity contribution in [1.82, 2.24) is 0 Å². The van der Waals surface area contributed by atoms with Crippen LogP contribution in [-0.2, 0) is 0 Å². The zero-order chi connectivity index (χ0) is 10.3. The number of halogens is 1. The van der Waals surface area contributed by atoms with Crippen LogP contribution in [0.3, 0.4) is 0 Å². The first kappa shape index (κ1) is 10.4. The van der Waals surface area contributed by atoms with E-state index in [2.05, 4.69) is 0 Å². The quantitative estimate of drug-likeness (QED) is 0.477. The molecule has 1 heteroatoms. The predicted octanol–water partition coefficient (Wildman–Crippen LogP) is 4.61. The highest BCUT2D eigenvalue weighted by Gasteiger charge is 2.55. The minimum Gasteiger partial charge on any atom is -0.126 e. The van der Waals surface area contributed by atoms with Gasteiger partial charge in [0.05, 0.1) is 0 Å². The van der Waals surface area contributed by atoms with E-state index in [1.54, 1.807) is 0 Å². The molecule has 86 valence electrons. The van der Waals surface area contributed by atoms with Crippen molar-refractivity contribution < 1.29 is 0 Å². The number of alkyl halides is 1. The van der Waals surface area contributed by atoms with Gasteiger partial charge in [-0.25, -0.2) is 0 Å². The molecule has 3 rings (SSSR count). The van der Waals surface area contributed by atoms with Gasteiger partial charge in [0, 0.05) is 5.88 Å². The third kappa shape index (κ3) is 1.84. The van der Waals surface area contributed by atoms with Gasteiger partial charge in [-0.1, -0.05) is 25.7 Å². The fourth-order valence-corrected chi connectivity index (χ4v) is 4.82. The van der Waals surface area contributed by atoms with Crippen molar-refractivity contribution in [3.63, 3.8) is 0 Å². The monoisotopic (exact) mass is 226 g/mol. The van der Waals surface area contributed by atoms with Crippen LogP contribution in [0.1, 0.15) is 57.8 Å². The van der Waals surface area contributed by atoms with E-state index in [1.165, 1.54) is 57.8 Å². The molecule has 0 amide bonds. The van der Waals surface area contributed by atoms with Crippen LogP contribution in [-0.4, -0.2) is 5.88 Å². The number of hydrogen-bond donors (Lipinski definition) is 0. The Kier molecular flexibility index (Phi) is 2.75. The molecule has 0 aromatic carbocycles. The van der Waals surface area contributed by atoms with Crippen molar-refractivity contribution in [2.45, 2.75) is 57.8 Å². The summed E-state index contributed by atoms with van der Waals surface area (Å²) in [6.45, 7) is 0. The summed E-state index contributed by atoms with van der Waals surface area (Å²) < 4.78 is 0. The van der Waals surface area contributed by atoms with E-state index >= 15 is 0 Å². The zero-order valence-corrected chi connectivity index (χ0v) is 10.4. The number of hydrogen-bond acceptors (Lipinski definition) is 0. The van der Waals surface area contributed by atoms with E-state index in [1.807, 2.05) is 0 Å². The predicted molar refractivity (Wildman–Crippen MR) is 65.2 cm³/mol. The molecule has 2 unspecified atom stereocenters. The van der Waals surface area contributed by atoms with E-state index < -0.39 is 0 Å². The van der Waals surface area contributed by atoms with Crippen LogP contribution in [0.25, 0.3) is 0 Å². The van der Waals surface area contributed by atoms with Gasteiger partial charge >= 0.3 is 0 Å². The largest absolute Gasteiger partial charge is 0.126 e. The Hall–Kier alpha value is 0.290. The molecule has 0 aromatic heterocycles. The minimum absolute atomic E-state index is 0.583. The van der Waals surface area contributed by atoms with Gasteiger partial charge in [0.15, 0.2) is 0 Å². The summed E-state index contributed by atoms with van der Waals surface area (Å²) in [5, 5.41) is 0. The van der Waals surface area contributed by atoms with Crippen molar-refractivity contribution in [3.05, 3.63) is 0 Å². The fourth-order valence-electron chi connectivity index (χ4n) is 4.38. The second kappa shape index (κ2) is 3.95. The van der Waals surface area contributed by atoms with Gasteiger partial charge < -0.3 is 0 Å². The zero-order valence-electron chi connectivity index (χ0n) is 9.68. The molecule has 0 radical (unpaired) electrons. The van der Waals surface area contributed by atoms with Crippen molar-refractivity contribution in [3.8, 4) is 0 Å². The van der Waals surface area contributed by atoms with Crippen molar-refractivity contribution >= 4 is 11.6 Å². The summed E-state index contributed by atoms with van der Waals surface area (Å²) in [6, 6.07) is 0. The first-order valence-electron chi connectivity index (χ1n) is 6.90. The molecule has 3 aliphatic carbocycles. The van der Waals surface area contributed by atoms with E-state index in [0.717, 1.165) is 23.6 Å². The SMILES string of the molecule is ClCC1(C2CCCCCC2)CC2CC2C1. The van der Waals surface area contributed by atoms with Crippen LogP contribution in [0.15, 0.2) is 0 Å². The number of rotatable bonds is 2. The lowest BCUT2D eigenvalue weighted by molar-refractivity contribution is 0.157. The Bertz CT molecular complexity index is 217. The Labute approximate surface area is 98.8 Å². The normalized spacial score (nSPS) is 46.2. The smallest absolute Gasteiger partial charge is 0.0282 e. The Morgan fingerprint density at radius 1 is 0.933 bits per heavy atom. The summed E-state index contributed by atoms with van der Waals surface area (Å²) in [5.74, 6) is 4.11. The van der Waals surface area contributed by atoms with Gasteiger partial charge in [0.1, 0.15) is 0 Å². The van der Waals surface area contributed by atoms with Crippen molar-refractivity contribution in [1.29, 1.82) is 0 Å². The van der Waals surface area contributed by atoms with Gasteiger partial charge in [-0.15, -0.1) is 11.6 Å².